The van der Waals surface area contributed by atoms with Crippen molar-refractivity contribution in [2.45, 2.75) is 38.8 Å². The summed E-state index contributed by atoms with van der Waals surface area (Å²) in [4.78, 5) is 12.0. The molecule has 0 bridgehead atoms. The second kappa shape index (κ2) is 7.23. The summed E-state index contributed by atoms with van der Waals surface area (Å²) in [5.74, 6) is 2.21. The van der Waals surface area contributed by atoms with E-state index in [0.717, 1.165) is 17.7 Å². The molecule has 2 amide bonds. The van der Waals surface area contributed by atoms with Crippen LogP contribution < -0.4 is 20.1 Å². The highest BCUT2D eigenvalue weighted by Gasteiger charge is 2.32. The lowest BCUT2D eigenvalue weighted by Crippen LogP contribution is -2.39. The van der Waals surface area contributed by atoms with Crippen molar-refractivity contribution in [3.05, 3.63) is 35.9 Å². The molecule has 1 unspecified atom stereocenters. The van der Waals surface area contributed by atoms with Crippen LogP contribution in [0.1, 0.15) is 38.2 Å². The minimum atomic E-state index is -0.278. The van der Waals surface area contributed by atoms with Gasteiger partial charge in [0, 0.05) is 19.0 Å². The zero-order valence-electron chi connectivity index (χ0n) is 15.6. The molecule has 8 nitrogen and oxygen atoms in total. The van der Waals surface area contributed by atoms with E-state index < -0.39 is 0 Å². The van der Waals surface area contributed by atoms with E-state index in [0.29, 0.717) is 24.7 Å². The van der Waals surface area contributed by atoms with E-state index in [-0.39, 0.29) is 17.7 Å². The van der Waals surface area contributed by atoms with Gasteiger partial charge in [0.15, 0.2) is 17.3 Å². The first kappa shape index (κ1) is 18.0. The Morgan fingerprint density at radius 1 is 1.46 bits per heavy atom. The molecule has 0 saturated carbocycles. The molecule has 8 heteroatoms. The molecule has 140 valence electrons. The molecule has 0 saturated heterocycles. The number of hydrogen-bond acceptors (Lipinski definition) is 5. The van der Waals surface area contributed by atoms with Crippen molar-refractivity contribution in [1.82, 2.24) is 25.4 Å². The molecule has 1 aliphatic rings. The third-order valence-corrected chi connectivity index (χ3v) is 4.18. The standard InChI is InChI=1S/C18H25N5O3/c1-12(16-22-20-11-23(16)4)21-17(24)19-8-9-25-14-7-5-6-13-10-18(2,3)26-15(13)14/h5-7,11-12H,8-10H2,1-4H3,(H2,19,21,24). The van der Waals surface area contributed by atoms with Gasteiger partial charge in [-0.05, 0) is 26.8 Å². The quantitative estimate of drug-likeness (QED) is 0.770. The minimum absolute atomic E-state index is 0.212. The number of nitrogens with one attached hydrogen (secondary N) is 2. The van der Waals surface area contributed by atoms with Gasteiger partial charge in [-0.1, -0.05) is 12.1 Å². The fourth-order valence-electron chi connectivity index (χ4n) is 3.02. The number of carbonyl (C=O) groups excluding carboxylic acids is 1. The summed E-state index contributed by atoms with van der Waals surface area (Å²) in [7, 11) is 1.83. The third-order valence-electron chi connectivity index (χ3n) is 4.18. The Hall–Kier alpha value is -2.77. The number of para-hydroxylation sites is 1. The summed E-state index contributed by atoms with van der Waals surface area (Å²) in [6, 6.07) is 5.38. The van der Waals surface area contributed by atoms with Gasteiger partial charge in [-0.25, -0.2) is 4.79 Å². The maximum Gasteiger partial charge on any atom is 0.315 e. The van der Waals surface area contributed by atoms with E-state index in [1.807, 2.05) is 26.1 Å². The number of benzene rings is 1. The molecule has 2 N–H and O–H groups in total. The Kier molecular flexibility index (Phi) is 5.01. The van der Waals surface area contributed by atoms with Crippen LogP contribution in [-0.2, 0) is 13.5 Å². The smallest absolute Gasteiger partial charge is 0.315 e. The fraction of sp³-hybridized carbons (Fsp3) is 0.500. The highest BCUT2D eigenvalue weighted by atomic mass is 16.5. The van der Waals surface area contributed by atoms with Gasteiger partial charge < -0.3 is 24.7 Å². The summed E-state index contributed by atoms with van der Waals surface area (Å²) in [6.07, 6.45) is 2.46. The second-order valence-electron chi connectivity index (χ2n) is 7.05. The van der Waals surface area contributed by atoms with Gasteiger partial charge in [0.1, 0.15) is 18.5 Å². The van der Waals surface area contributed by atoms with E-state index in [9.17, 15) is 4.79 Å². The second-order valence-corrected chi connectivity index (χ2v) is 7.05. The topological polar surface area (TPSA) is 90.3 Å². The van der Waals surface area contributed by atoms with Crippen molar-refractivity contribution in [2.75, 3.05) is 13.2 Å². The van der Waals surface area contributed by atoms with Crippen molar-refractivity contribution in [1.29, 1.82) is 0 Å². The lowest BCUT2D eigenvalue weighted by Gasteiger charge is -2.18. The van der Waals surface area contributed by atoms with Gasteiger partial charge in [-0.3, -0.25) is 0 Å². The molecule has 0 fully saturated rings. The Bertz CT molecular complexity index is 787. The molecule has 2 aromatic rings. The SMILES string of the molecule is CC(NC(=O)NCCOc1cccc2c1OC(C)(C)C2)c1nncn1C. The molecule has 2 heterocycles. The van der Waals surface area contributed by atoms with Crippen LogP contribution in [0, 0.1) is 0 Å². The zero-order chi connectivity index (χ0) is 18.7. The van der Waals surface area contributed by atoms with E-state index in [1.165, 1.54) is 0 Å². The number of amides is 2. The maximum absolute atomic E-state index is 12.0. The van der Waals surface area contributed by atoms with E-state index in [2.05, 4.69) is 40.7 Å². The van der Waals surface area contributed by atoms with Crippen LogP contribution in [0.5, 0.6) is 11.5 Å². The Morgan fingerprint density at radius 2 is 2.27 bits per heavy atom. The number of nitrogens with zero attached hydrogens (tertiary/aromatic N) is 3. The minimum Gasteiger partial charge on any atom is -0.488 e. The van der Waals surface area contributed by atoms with E-state index in [4.69, 9.17) is 9.47 Å². The van der Waals surface area contributed by atoms with Crippen molar-refractivity contribution in [2.24, 2.45) is 7.05 Å². The monoisotopic (exact) mass is 359 g/mol. The molecule has 3 rings (SSSR count). The number of aromatic nitrogens is 3. The van der Waals surface area contributed by atoms with Crippen LogP contribution >= 0.6 is 0 Å². The summed E-state index contributed by atoms with van der Waals surface area (Å²) in [6.45, 7) is 6.70. The van der Waals surface area contributed by atoms with Gasteiger partial charge in [-0.2, -0.15) is 0 Å². The molecule has 1 aromatic heterocycles. The number of ether oxygens (including phenoxy) is 2. The van der Waals surface area contributed by atoms with Crippen molar-refractivity contribution >= 4 is 6.03 Å². The number of aryl methyl sites for hydroxylation is 1. The van der Waals surface area contributed by atoms with Gasteiger partial charge in [0.05, 0.1) is 12.6 Å². The number of hydrogen-bond donors (Lipinski definition) is 2. The molecule has 1 aliphatic heterocycles. The lowest BCUT2D eigenvalue weighted by atomic mass is 10.0. The third kappa shape index (κ3) is 4.07. The van der Waals surface area contributed by atoms with Crippen molar-refractivity contribution in [3.8, 4) is 11.5 Å². The summed E-state index contributed by atoms with van der Waals surface area (Å²) in [5, 5.41) is 13.4. The predicted molar refractivity (Wildman–Crippen MR) is 96.3 cm³/mol. The number of carbonyl (C=O) groups is 1. The van der Waals surface area contributed by atoms with E-state index >= 15 is 0 Å². The highest BCUT2D eigenvalue weighted by molar-refractivity contribution is 5.74. The first-order valence-electron chi connectivity index (χ1n) is 8.68. The van der Waals surface area contributed by atoms with Gasteiger partial charge >= 0.3 is 6.03 Å². The van der Waals surface area contributed by atoms with Gasteiger partial charge in [0.25, 0.3) is 0 Å². The summed E-state index contributed by atoms with van der Waals surface area (Å²) >= 11 is 0. The van der Waals surface area contributed by atoms with Crippen LogP contribution in [0.4, 0.5) is 4.79 Å². The molecule has 0 aliphatic carbocycles. The number of rotatable bonds is 6. The Labute approximate surface area is 152 Å². The normalized spacial score (nSPS) is 15.7. The Balaban J connectivity index is 1.45. The molecular weight excluding hydrogens is 334 g/mol. The predicted octanol–water partition coefficient (Wildman–Crippen LogP) is 1.97. The summed E-state index contributed by atoms with van der Waals surface area (Å²) < 4.78 is 13.5. The van der Waals surface area contributed by atoms with Crippen molar-refractivity contribution < 1.29 is 14.3 Å². The molecule has 1 aromatic carbocycles. The molecule has 0 radical (unpaired) electrons. The molecule has 1 atom stereocenters. The largest absolute Gasteiger partial charge is 0.488 e. The Morgan fingerprint density at radius 3 is 3.00 bits per heavy atom. The fourth-order valence-corrected chi connectivity index (χ4v) is 3.02. The van der Waals surface area contributed by atoms with E-state index in [1.54, 1.807) is 10.9 Å². The number of urea groups is 1. The number of fused-ring (bicyclic) bond motifs is 1. The van der Waals surface area contributed by atoms with Crippen molar-refractivity contribution in [3.63, 3.8) is 0 Å². The van der Waals surface area contributed by atoms with Crippen LogP contribution in [0.15, 0.2) is 24.5 Å². The van der Waals surface area contributed by atoms with Crippen LogP contribution in [0.2, 0.25) is 0 Å². The molecule has 26 heavy (non-hydrogen) atoms. The van der Waals surface area contributed by atoms with Crippen LogP contribution in [0.25, 0.3) is 0 Å². The molecular formula is C18H25N5O3. The first-order valence-corrected chi connectivity index (χ1v) is 8.68. The molecule has 0 spiro atoms. The first-order chi connectivity index (χ1) is 12.4. The highest BCUT2D eigenvalue weighted by Crippen LogP contribution is 2.41. The van der Waals surface area contributed by atoms with Crippen LogP contribution in [0.3, 0.4) is 0 Å². The van der Waals surface area contributed by atoms with Gasteiger partial charge in [0.2, 0.25) is 0 Å². The summed E-state index contributed by atoms with van der Waals surface area (Å²) in [5.41, 5.74) is 0.936. The zero-order valence-corrected chi connectivity index (χ0v) is 15.6. The maximum atomic E-state index is 12.0. The van der Waals surface area contributed by atoms with Crippen LogP contribution in [-0.4, -0.2) is 39.5 Å². The van der Waals surface area contributed by atoms with Gasteiger partial charge in [-0.15, -0.1) is 10.2 Å². The lowest BCUT2D eigenvalue weighted by molar-refractivity contribution is 0.132. The average molecular weight is 359 g/mol. The average Bonchev–Trinajstić information content (AvgIpc) is 3.13.